The lowest BCUT2D eigenvalue weighted by Crippen LogP contribution is -2.25. The molecule has 1 aliphatic carbocycles. The highest BCUT2D eigenvalue weighted by atomic mass is 16.3. The molecule has 0 heterocycles. The molecular weight excluding hydrogens is 324 g/mol. The molecule has 1 aliphatic rings. The minimum Gasteiger partial charge on any atom is -0.507 e. The number of rotatable bonds is 6. The number of fused-ring (bicyclic) bond motifs is 2. The van der Waals surface area contributed by atoms with E-state index in [9.17, 15) is 14.7 Å². The van der Waals surface area contributed by atoms with Crippen LogP contribution in [0.5, 0.6) is 5.75 Å². The Hall–Kier alpha value is -2.90. The predicted molar refractivity (Wildman–Crippen MR) is 92.6 cm³/mol. The zero-order chi connectivity index (χ0) is 18.0. The number of carbonyl (C=O) groups is 2. The van der Waals surface area contributed by atoms with Gasteiger partial charge in [-0.25, -0.2) is 0 Å². The predicted octanol–water partition coefficient (Wildman–Crippen LogP) is 0.976. The summed E-state index contributed by atoms with van der Waals surface area (Å²) >= 11 is 0. The Balaban J connectivity index is 2.22. The van der Waals surface area contributed by atoms with Crippen molar-refractivity contribution in [2.24, 2.45) is 0 Å². The summed E-state index contributed by atoms with van der Waals surface area (Å²) in [5, 5.41) is 34.0. The van der Waals surface area contributed by atoms with Gasteiger partial charge < -0.3 is 26.0 Å². The number of aliphatic hydroxyl groups is 2. The van der Waals surface area contributed by atoms with E-state index in [1.165, 1.54) is 18.2 Å². The number of ketones is 2. The number of nitrogens with one attached hydrogen (secondary N) is 2. The summed E-state index contributed by atoms with van der Waals surface area (Å²) in [5.41, 5.74) is 1.31. The van der Waals surface area contributed by atoms with E-state index in [-0.39, 0.29) is 60.1 Å². The van der Waals surface area contributed by atoms with Crippen molar-refractivity contribution in [3.05, 3.63) is 52.6 Å². The second kappa shape index (κ2) is 6.92. The van der Waals surface area contributed by atoms with Crippen molar-refractivity contribution in [2.45, 2.75) is 0 Å². The second-order valence-electron chi connectivity index (χ2n) is 5.57. The molecule has 0 spiro atoms. The van der Waals surface area contributed by atoms with Crippen molar-refractivity contribution in [3.63, 3.8) is 0 Å². The molecule has 5 N–H and O–H groups in total. The standard InChI is InChI=1S/C18H18N2O5/c21-8-6-19-11-4-5-12(20-7-9-22)16-15(11)17(24)10-2-1-3-13(23)14(10)18(16)25/h1-5,19-23H,6-9H2. The Morgan fingerprint density at radius 2 is 1.32 bits per heavy atom. The molecule has 7 heteroatoms. The number of hydrogen-bond donors (Lipinski definition) is 5. The van der Waals surface area contributed by atoms with Crippen molar-refractivity contribution in [1.29, 1.82) is 0 Å². The molecule has 0 saturated heterocycles. The molecule has 0 amide bonds. The Bertz CT molecular complexity index is 848. The van der Waals surface area contributed by atoms with Crippen LogP contribution >= 0.6 is 0 Å². The van der Waals surface area contributed by atoms with Gasteiger partial charge in [0.1, 0.15) is 5.75 Å². The van der Waals surface area contributed by atoms with Gasteiger partial charge >= 0.3 is 0 Å². The van der Waals surface area contributed by atoms with Crippen molar-refractivity contribution in [3.8, 4) is 5.75 Å². The summed E-state index contributed by atoms with van der Waals surface area (Å²) in [6.45, 7) is 0.178. The van der Waals surface area contributed by atoms with E-state index in [2.05, 4.69) is 10.6 Å². The lowest BCUT2D eigenvalue weighted by molar-refractivity contribution is 0.0977. The number of aliphatic hydroxyl groups excluding tert-OH is 2. The fraction of sp³-hybridized carbons (Fsp3) is 0.222. The van der Waals surface area contributed by atoms with Crippen molar-refractivity contribution >= 4 is 22.9 Å². The topological polar surface area (TPSA) is 119 Å². The first-order valence-electron chi connectivity index (χ1n) is 7.88. The fourth-order valence-corrected chi connectivity index (χ4v) is 2.98. The molecule has 0 fully saturated rings. The molecule has 0 saturated carbocycles. The molecule has 0 aliphatic heterocycles. The van der Waals surface area contributed by atoms with Crippen LogP contribution in [0.1, 0.15) is 31.8 Å². The van der Waals surface area contributed by atoms with Gasteiger partial charge in [0.05, 0.1) is 29.9 Å². The molecule has 0 bridgehead atoms. The maximum atomic E-state index is 13.0. The van der Waals surface area contributed by atoms with Gasteiger partial charge in [0.2, 0.25) is 0 Å². The van der Waals surface area contributed by atoms with Gasteiger partial charge in [-0.15, -0.1) is 0 Å². The van der Waals surface area contributed by atoms with Crippen molar-refractivity contribution in [2.75, 3.05) is 36.9 Å². The van der Waals surface area contributed by atoms with Crippen molar-refractivity contribution in [1.82, 2.24) is 0 Å². The van der Waals surface area contributed by atoms with Crippen LogP contribution in [0.15, 0.2) is 30.3 Å². The summed E-state index contributed by atoms with van der Waals surface area (Å²) in [4.78, 5) is 26.0. The molecule has 7 nitrogen and oxygen atoms in total. The van der Waals surface area contributed by atoms with E-state index in [4.69, 9.17) is 10.2 Å². The van der Waals surface area contributed by atoms with E-state index >= 15 is 0 Å². The molecule has 130 valence electrons. The summed E-state index contributed by atoms with van der Waals surface area (Å²) in [6.07, 6.45) is 0. The number of phenols is 1. The first-order valence-corrected chi connectivity index (χ1v) is 7.88. The summed E-state index contributed by atoms with van der Waals surface area (Å²) in [6, 6.07) is 7.65. The number of anilines is 2. The van der Waals surface area contributed by atoms with Gasteiger partial charge in [-0.05, 0) is 18.2 Å². The molecule has 25 heavy (non-hydrogen) atoms. The second-order valence-corrected chi connectivity index (χ2v) is 5.57. The van der Waals surface area contributed by atoms with Crippen LogP contribution < -0.4 is 10.6 Å². The fourth-order valence-electron chi connectivity index (χ4n) is 2.98. The van der Waals surface area contributed by atoms with Crippen LogP contribution in [0.2, 0.25) is 0 Å². The first-order chi connectivity index (χ1) is 12.1. The highest BCUT2D eigenvalue weighted by Gasteiger charge is 2.35. The highest BCUT2D eigenvalue weighted by Crippen LogP contribution is 2.39. The van der Waals surface area contributed by atoms with E-state index in [1.807, 2.05) is 0 Å². The van der Waals surface area contributed by atoms with Gasteiger partial charge in [0.25, 0.3) is 0 Å². The maximum absolute atomic E-state index is 13.0. The van der Waals surface area contributed by atoms with E-state index < -0.39 is 5.78 Å². The van der Waals surface area contributed by atoms with E-state index in [0.717, 1.165) is 0 Å². The van der Waals surface area contributed by atoms with Crippen LogP contribution in [0.3, 0.4) is 0 Å². The minimum absolute atomic E-state index is 0.0219. The van der Waals surface area contributed by atoms with Gasteiger partial charge in [0, 0.05) is 30.0 Å². The minimum atomic E-state index is -0.462. The third-order valence-electron chi connectivity index (χ3n) is 4.03. The summed E-state index contributed by atoms with van der Waals surface area (Å²) in [5.74, 6) is -1.09. The molecule has 2 aromatic rings. The van der Waals surface area contributed by atoms with Crippen LogP contribution in [0.4, 0.5) is 11.4 Å². The molecule has 2 aromatic carbocycles. The van der Waals surface area contributed by atoms with Gasteiger partial charge in [-0.3, -0.25) is 9.59 Å². The van der Waals surface area contributed by atoms with Crippen LogP contribution in [0.25, 0.3) is 0 Å². The number of aromatic hydroxyl groups is 1. The molecule has 3 rings (SSSR count). The first kappa shape index (κ1) is 16.9. The average molecular weight is 342 g/mol. The Labute approximate surface area is 143 Å². The summed E-state index contributed by atoms with van der Waals surface area (Å²) in [7, 11) is 0. The Morgan fingerprint density at radius 3 is 1.88 bits per heavy atom. The Morgan fingerprint density at radius 1 is 0.760 bits per heavy atom. The normalized spacial score (nSPS) is 12.6. The molecule has 0 aromatic heterocycles. The third-order valence-corrected chi connectivity index (χ3v) is 4.03. The smallest absolute Gasteiger partial charge is 0.200 e. The van der Waals surface area contributed by atoms with Gasteiger partial charge in [-0.1, -0.05) is 12.1 Å². The number of phenolic OH excluding ortho intramolecular Hbond substituents is 1. The van der Waals surface area contributed by atoms with Crippen LogP contribution in [-0.4, -0.2) is 53.2 Å². The molecule has 0 unspecified atom stereocenters. The quantitative estimate of drug-likeness (QED) is 0.453. The lowest BCUT2D eigenvalue weighted by Gasteiger charge is -2.24. The largest absolute Gasteiger partial charge is 0.507 e. The van der Waals surface area contributed by atoms with E-state index in [1.54, 1.807) is 12.1 Å². The number of hydrogen-bond acceptors (Lipinski definition) is 7. The lowest BCUT2D eigenvalue weighted by atomic mass is 9.81. The zero-order valence-electron chi connectivity index (χ0n) is 13.4. The van der Waals surface area contributed by atoms with Crippen LogP contribution in [-0.2, 0) is 0 Å². The molecular formula is C18H18N2O5. The SMILES string of the molecule is O=C1c2cccc(O)c2C(=O)c2c(NCCO)ccc(NCCO)c21. The van der Waals surface area contributed by atoms with E-state index in [0.29, 0.717) is 11.4 Å². The monoisotopic (exact) mass is 342 g/mol. The molecule has 0 radical (unpaired) electrons. The van der Waals surface area contributed by atoms with Gasteiger partial charge in [0.15, 0.2) is 11.6 Å². The number of benzene rings is 2. The number of carbonyl (C=O) groups excluding carboxylic acids is 2. The Kier molecular flexibility index (Phi) is 4.69. The average Bonchev–Trinajstić information content (AvgIpc) is 2.62. The van der Waals surface area contributed by atoms with Gasteiger partial charge in [-0.2, -0.15) is 0 Å². The van der Waals surface area contributed by atoms with Crippen molar-refractivity contribution < 1.29 is 24.9 Å². The maximum Gasteiger partial charge on any atom is 0.200 e. The summed E-state index contributed by atoms with van der Waals surface area (Å²) < 4.78 is 0. The van der Waals surface area contributed by atoms with Crippen LogP contribution in [0, 0.1) is 0 Å². The molecule has 0 atom stereocenters. The third kappa shape index (κ3) is 2.84. The zero-order valence-corrected chi connectivity index (χ0v) is 13.4. The highest BCUT2D eigenvalue weighted by molar-refractivity contribution is 6.32.